The van der Waals surface area contributed by atoms with E-state index in [0.717, 1.165) is 43.9 Å². The molecule has 8 rings (SSSR count). The number of hydrogen-bond acceptors (Lipinski definition) is 10. The quantitative estimate of drug-likeness (QED) is 0.0408. The van der Waals surface area contributed by atoms with Crippen LogP contribution in [0.5, 0.6) is 0 Å². The van der Waals surface area contributed by atoms with Gasteiger partial charge in [-0.15, -0.1) is 0 Å². The first-order valence-electron chi connectivity index (χ1n) is 23.6. The minimum atomic E-state index is -1.53. The second-order valence-corrected chi connectivity index (χ2v) is 19.6. The smallest absolute Gasteiger partial charge is 0.186 e. The first-order chi connectivity index (χ1) is 26.8. The Morgan fingerprint density at radius 3 is 1.78 bits per heavy atom. The molecule has 8 N–H and O–H groups in total. The molecule has 10 nitrogen and oxygen atoms in total. The molecule has 55 heavy (non-hydrogen) atoms. The standard InChI is InChI=1S/C45H80N2O8/c1-2-3-4-5-6-7-8-9-10-14-17-20-23-31(49)40(50)29(27-54-44-43(53)42(52)41(51)32(26-48)55-44)30-25-28(46-47-30)22-19-16-13-11-12-15-18-21-24-45-37-34-33-35(37)39(45)36(33)38(34)45/h28-44,46-53H,2-27H2,1H3/t28?,29-,30?,31-,32?,33?,34?,35?,36?,37?,38?,39?,40+,41?,42?,43?,44?,45?/m1/s1. The third-order valence-corrected chi connectivity index (χ3v) is 16.6. The van der Waals surface area contributed by atoms with Gasteiger partial charge in [-0.2, -0.15) is 0 Å². The maximum atomic E-state index is 11.5. The first-order valence-corrected chi connectivity index (χ1v) is 23.6. The van der Waals surface area contributed by atoms with Crippen LogP contribution in [0.1, 0.15) is 161 Å². The molecule has 0 aromatic carbocycles. The third kappa shape index (κ3) is 8.50. The van der Waals surface area contributed by atoms with Gasteiger partial charge in [0.1, 0.15) is 24.4 Å². The molecule has 8 aliphatic rings. The number of ether oxygens (including phenoxy) is 2. The van der Waals surface area contributed by atoms with Gasteiger partial charge < -0.3 is 40.1 Å². The van der Waals surface area contributed by atoms with Crippen molar-refractivity contribution in [2.45, 2.75) is 216 Å². The summed E-state index contributed by atoms with van der Waals surface area (Å²) in [6, 6.07) is 0.0785. The Morgan fingerprint density at radius 1 is 0.655 bits per heavy atom. The average Bonchev–Trinajstić information content (AvgIpc) is 3.67. The van der Waals surface area contributed by atoms with E-state index in [2.05, 4.69) is 17.8 Å². The third-order valence-electron chi connectivity index (χ3n) is 16.6. The fourth-order valence-electron chi connectivity index (χ4n) is 13.7. The number of hydrazine groups is 1. The fraction of sp³-hybridized carbons (Fsp3) is 1.00. The van der Waals surface area contributed by atoms with Crippen LogP contribution in [0.4, 0.5) is 0 Å². The van der Waals surface area contributed by atoms with Crippen LogP contribution in [-0.2, 0) is 9.47 Å². The lowest BCUT2D eigenvalue weighted by molar-refractivity contribution is -0.616. The average molecular weight is 777 g/mol. The van der Waals surface area contributed by atoms with Crippen molar-refractivity contribution < 1.29 is 40.1 Å². The van der Waals surface area contributed by atoms with Gasteiger partial charge in [0.25, 0.3) is 0 Å². The largest absolute Gasteiger partial charge is 0.394 e. The Kier molecular flexibility index (Phi) is 15.4. The van der Waals surface area contributed by atoms with Crippen molar-refractivity contribution in [3.63, 3.8) is 0 Å². The minimum absolute atomic E-state index is 0.0316. The molecule has 10 atom stereocenters. The lowest BCUT2D eigenvalue weighted by atomic mass is 8.96. The summed E-state index contributed by atoms with van der Waals surface area (Å²) in [7, 11) is 0. The highest BCUT2D eigenvalue weighted by Gasteiger charge is 3.03. The van der Waals surface area contributed by atoms with Crippen molar-refractivity contribution in [1.29, 1.82) is 0 Å². The predicted octanol–water partition coefficient (Wildman–Crippen LogP) is 5.74. The van der Waals surface area contributed by atoms with Gasteiger partial charge in [0.15, 0.2) is 6.29 Å². The zero-order valence-electron chi connectivity index (χ0n) is 34.2. The normalized spacial score (nSPS) is 41.7. The summed E-state index contributed by atoms with van der Waals surface area (Å²) in [5.74, 6) is 8.02. The number of nitrogens with one attached hydrogen (secondary N) is 2. The van der Waals surface area contributed by atoms with E-state index < -0.39 is 55.4 Å². The van der Waals surface area contributed by atoms with Crippen molar-refractivity contribution >= 4 is 0 Å². The van der Waals surface area contributed by atoms with E-state index in [4.69, 9.17) is 9.47 Å². The Balaban J connectivity index is 0.767. The van der Waals surface area contributed by atoms with E-state index in [1.54, 1.807) is 6.42 Å². The maximum Gasteiger partial charge on any atom is 0.186 e. The molecule has 2 saturated heterocycles. The van der Waals surface area contributed by atoms with Crippen LogP contribution in [0.15, 0.2) is 0 Å². The van der Waals surface area contributed by atoms with E-state index in [0.29, 0.717) is 6.42 Å². The number of unbranched alkanes of at least 4 members (excludes halogenated alkanes) is 18. The van der Waals surface area contributed by atoms with Gasteiger partial charge in [0.05, 0.1) is 25.4 Å². The summed E-state index contributed by atoms with van der Waals surface area (Å²) in [5.41, 5.74) is 7.71. The Labute approximate surface area is 332 Å². The molecule has 0 spiro atoms. The minimum Gasteiger partial charge on any atom is -0.394 e. The lowest BCUT2D eigenvalue weighted by Crippen LogP contribution is -3.05. The van der Waals surface area contributed by atoms with Crippen LogP contribution in [0.2, 0.25) is 0 Å². The monoisotopic (exact) mass is 777 g/mol. The highest BCUT2D eigenvalue weighted by molar-refractivity contribution is 5.49. The van der Waals surface area contributed by atoms with E-state index in [1.807, 2.05) is 0 Å². The van der Waals surface area contributed by atoms with Crippen molar-refractivity contribution in [2.24, 2.45) is 52.8 Å². The van der Waals surface area contributed by atoms with Gasteiger partial charge in [-0.05, 0) is 72.5 Å². The molecule has 0 bridgehead atoms. The first kappa shape index (κ1) is 42.7. The summed E-state index contributed by atoms with van der Waals surface area (Å²) in [6.45, 7) is 1.69. The van der Waals surface area contributed by atoms with Gasteiger partial charge >= 0.3 is 0 Å². The topological polar surface area (TPSA) is 164 Å². The van der Waals surface area contributed by atoms with Crippen LogP contribution >= 0.6 is 0 Å². The van der Waals surface area contributed by atoms with Gasteiger partial charge in [0, 0.05) is 18.0 Å². The van der Waals surface area contributed by atoms with Crippen molar-refractivity contribution in [3.05, 3.63) is 0 Å². The van der Waals surface area contributed by atoms with Gasteiger partial charge in [-0.25, -0.2) is 0 Å². The summed E-state index contributed by atoms with van der Waals surface area (Å²) in [4.78, 5) is 0. The molecule has 0 aromatic rings. The Morgan fingerprint density at radius 2 is 1.20 bits per heavy atom. The molecule has 6 aliphatic carbocycles. The van der Waals surface area contributed by atoms with E-state index in [1.165, 1.54) is 144 Å². The highest BCUT2D eigenvalue weighted by Crippen LogP contribution is 3.06. The lowest BCUT2D eigenvalue weighted by Gasteiger charge is -3.08. The van der Waals surface area contributed by atoms with E-state index in [9.17, 15) is 30.6 Å². The van der Waals surface area contributed by atoms with Crippen LogP contribution < -0.4 is 10.9 Å². The maximum absolute atomic E-state index is 11.5. The summed E-state index contributed by atoms with van der Waals surface area (Å²) >= 11 is 0. The molecule has 8 fully saturated rings. The molecule has 318 valence electrons. The SMILES string of the molecule is CCCCCCCCCCCCCC[C@@H](O)[C@@H](O)[C@H](COC1OC(CO)C(O)C(O)C1O)C1CC(CCCCCCCCCCC23C4C5C6C4C2C6C53)NN1. The molecule has 0 aromatic heterocycles. The molecule has 10 heteroatoms. The van der Waals surface area contributed by atoms with Crippen LogP contribution in [0, 0.1) is 52.8 Å². The van der Waals surface area contributed by atoms with Gasteiger partial charge in [-0.1, -0.05) is 135 Å². The van der Waals surface area contributed by atoms with Crippen LogP contribution in [-0.4, -0.2) is 98.9 Å². The Hall–Kier alpha value is -0.400. The van der Waals surface area contributed by atoms with E-state index >= 15 is 0 Å². The number of aliphatic hydroxyl groups excluding tert-OH is 6. The van der Waals surface area contributed by atoms with Crippen LogP contribution in [0.25, 0.3) is 0 Å². The zero-order valence-corrected chi connectivity index (χ0v) is 34.2. The predicted molar refractivity (Wildman–Crippen MR) is 212 cm³/mol. The molecular weight excluding hydrogens is 697 g/mol. The Bertz CT molecular complexity index is 1110. The summed E-state index contributed by atoms with van der Waals surface area (Å²) < 4.78 is 11.5. The fourth-order valence-corrected chi connectivity index (χ4v) is 13.7. The van der Waals surface area contributed by atoms with Crippen molar-refractivity contribution in [2.75, 3.05) is 13.2 Å². The second-order valence-electron chi connectivity index (χ2n) is 19.6. The van der Waals surface area contributed by atoms with Crippen molar-refractivity contribution in [3.8, 4) is 0 Å². The number of hydrogen-bond donors (Lipinski definition) is 8. The number of rotatable bonds is 31. The molecule has 6 saturated carbocycles. The van der Waals surface area contributed by atoms with Gasteiger partial charge in [0.2, 0.25) is 0 Å². The number of aliphatic hydroxyl groups is 6. The van der Waals surface area contributed by atoms with Crippen LogP contribution in [0.3, 0.4) is 0 Å². The molecule has 0 radical (unpaired) electrons. The molecule has 2 heterocycles. The summed E-state index contributed by atoms with van der Waals surface area (Å²) in [5, 5.41) is 63.4. The second kappa shape index (κ2) is 19.8. The molecule has 0 amide bonds. The molecular formula is C45H80N2O8. The van der Waals surface area contributed by atoms with Crippen molar-refractivity contribution in [1.82, 2.24) is 10.9 Å². The zero-order chi connectivity index (χ0) is 38.5. The highest BCUT2D eigenvalue weighted by atomic mass is 16.7. The van der Waals surface area contributed by atoms with E-state index in [-0.39, 0.29) is 18.7 Å². The van der Waals surface area contributed by atoms with Gasteiger partial charge in [-0.3, -0.25) is 10.9 Å². The molecule has 7 unspecified atom stereocenters. The summed E-state index contributed by atoms with van der Waals surface area (Å²) in [6.07, 6.45) is 20.5. The molecule has 2 aliphatic heterocycles.